The molecule has 0 unspecified atom stereocenters. The topological polar surface area (TPSA) is 51.7 Å². The first-order chi connectivity index (χ1) is 12.1. The van der Waals surface area contributed by atoms with E-state index in [1.54, 1.807) is 6.20 Å². The summed E-state index contributed by atoms with van der Waals surface area (Å²) in [6, 6.07) is 11.9. The predicted octanol–water partition coefficient (Wildman–Crippen LogP) is 2.50. The van der Waals surface area contributed by atoms with Gasteiger partial charge in [-0.15, -0.1) is 0 Å². The Bertz CT molecular complexity index is 679. The molecule has 3 rings (SSSR count). The van der Waals surface area contributed by atoms with Crippen molar-refractivity contribution in [3.05, 3.63) is 54.4 Å². The maximum Gasteiger partial charge on any atom is 0.321 e. The summed E-state index contributed by atoms with van der Waals surface area (Å²) in [5.74, 6) is 0. The van der Waals surface area contributed by atoms with Crippen LogP contribution in [0.4, 0.5) is 16.2 Å². The number of piperazine rings is 1. The average Bonchev–Trinajstić information content (AvgIpc) is 2.63. The van der Waals surface area contributed by atoms with Crippen molar-refractivity contribution in [1.29, 1.82) is 0 Å². The fourth-order valence-electron chi connectivity index (χ4n) is 2.90. The third-order valence-corrected chi connectivity index (χ3v) is 4.42. The molecule has 1 aromatic carbocycles. The highest BCUT2D eigenvalue weighted by atomic mass is 16.2. The zero-order chi connectivity index (χ0) is 17.6. The number of amides is 2. The number of anilines is 2. The van der Waals surface area contributed by atoms with Crippen LogP contribution in [-0.2, 0) is 6.54 Å². The SMILES string of the molecule is CN(C)c1ccc(NC(=O)N2CCN(Cc3cccnc3)CC2)cc1. The van der Waals surface area contributed by atoms with Gasteiger partial charge in [0.2, 0.25) is 0 Å². The van der Waals surface area contributed by atoms with Gasteiger partial charge in [0.05, 0.1) is 0 Å². The van der Waals surface area contributed by atoms with Crippen LogP contribution < -0.4 is 10.2 Å². The van der Waals surface area contributed by atoms with Crippen LogP contribution in [0.1, 0.15) is 5.56 Å². The highest BCUT2D eigenvalue weighted by Crippen LogP contribution is 2.16. The number of rotatable bonds is 4. The lowest BCUT2D eigenvalue weighted by atomic mass is 10.2. The molecule has 1 aromatic heterocycles. The zero-order valence-electron chi connectivity index (χ0n) is 14.9. The van der Waals surface area contributed by atoms with E-state index in [9.17, 15) is 4.79 Å². The van der Waals surface area contributed by atoms with Crippen molar-refractivity contribution in [3.8, 4) is 0 Å². The Morgan fingerprint density at radius 2 is 1.84 bits per heavy atom. The lowest BCUT2D eigenvalue weighted by Crippen LogP contribution is -2.49. The van der Waals surface area contributed by atoms with Crippen LogP contribution in [-0.4, -0.2) is 61.1 Å². The van der Waals surface area contributed by atoms with Gasteiger partial charge >= 0.3 is 6.03 Å². The highest BCUT2D eigenvalue weighted by molar-refractivity contribution is 5.89. The van der Waals surface area contributed by atoms with Gasteiger partial charge in [-0.25, -0.2) is 4.79 Å². The number of urea groups is 1. The average molecular weight is 339 g/mol. The van der Waals surface area contributed by atoms with E-state index in [1.165, 1.54) is 5.56 Å². The normalized spacial score (nSPS) is 15.0. The Kier molecular flexibility index (Phi) is 5.50. The van der Waals surface area contributed by atoms with Crippen molar-refractivity contribution in [1.82, 2.24) is 14.8 Å². The smallest absolute Gasteiger partial charge is 0.321 e. The molecule has 25 heavy (non-hydrogen) atoms. The summed E-state index contributed by atoms with van der Waals surface area (Å²) in [7, 11) is 4.00. The minimum absolute atomic E-state index is 0.0290. The number of hydrogen-bond donors (Lipinski definition) is 1. The summed E-state index contributed by atoms with van der Waals surface area (Å²) in [4.78, 5) is 22.8. The van der Waals surface area contributed by atoms with Gasteiger partial charge in [-0.3, -0.25) is 9.88 Å². The summed E-state index contributed by atoms with van der Waals surface area (Å²) in [5, 5.41) is 2.98. The molecular weight excluding hydrogens is 314 g/mol. The number of nitrogens with zero attached hydrogens (tertiary/aromatic N) is 4. The first-order valence-electron chi connectivity index (χ1n) is 8.56. The van der Waals surface area contributed by atoms with E-state index >= 15 is 0 Å². The van der Waals surface area contributed by atoms with Gasteiger partial charge in [-0.2, -0.15) is 0 Å². The first kappa shape index (κ1) is 17.2. The molecule has 6 nitrogen and oxygen atoms in total. The number of carbonyl (C=O) groups excluding carboxylic acids is 1. The molecule has 2 amide bonds. The lowest BCUT2D eigenvalue weighted by Gasteiger charge is -2.34. The van der Waals surface area contributed by atoms with E-state index in [0.29, 0.717) is 0 Å². The molecule has 0 spiro atoms. The van der Waals surface area contributed by atoms with Gasteiger partial charge in [-0.05, 0) is 35.9 Å². The molecule has 0 saturated carbocycles. The van der Waals surface area contributed by atoms with Crippen LogP contribution in [0.15, 0.2) is 48.8 Å². The third kappa shape index (κ3) is 4.70. The Morgan fingerprint density at radius 1 is 1.12 bits per heavy atom. The third-order valence-electron chi connectivity index (χ3n) is 4.42. The van der Waals surface area contributed by atoms with Gasteiger partial charge in [0.15, 0.2) is 0 Å². The zero-order valence-corrected chi connectivity index (χ0v) is 14.9. The van der Waals surface area contributed by atoms with Crippen LogP contribution in [0, 0.1) is 0 Å². The number of hydrogen-bond acceptors (Lipinski definition) is 4. The number of nitrogens with one attached hydrogen (secondary N) is 1. The fraction of sp³-hybridized carbons (Fsp3) is 0.368. The van der Waals surface area contributed by atoms with Gasteiger partial charge in [0.25, 0.3) is 0 Å². The second kappa shape index (κ2) is 7.98. The van der Waals surface area contributed by atoms with Gasteiger partial charge in [0.1, 0.15) is 0 Å². The Balaban J connectivity index is 1.48. The summed E-state index contributed by atoms with van der Waals surface area (Å²) in [6.45, 7) is 4.11. The van der Waals surface area contributed by atoms with E-state index in [4.69, 9.17) is 0 Å². The summed E-state index contributed by atoms with van der Waals surface area (Å²) in [5.41, 5.74) is 3.15. The van der Waals surface area contributed by atoms with Gasteiger partial charge < -0.3 is 15.1 Å². The van der Waals surface area contributed by atoms with Crippen molar-refractivity contribution < 1.29 is 4.79 Å². The van der Waals surface area contributed by atoms with E-state index in [0.717, 1.165) is 44.1 Å². The molecule has 0 atom stereocenters. The maximum absolute atomic E-state index is 12.4. The second-order valence-electron chi connectivity index (χ2n) is 6.50. The minimum Gasteiger partial charge on any atom is -0.378 e. The fourth-order valence-corrected chi connectivity index (χ4v) is 2.90. The Hall–Kier alpha value is -2.60. The molecule has 1 saturated heterocycles. The Labute approximate surface area is 149 Å². The van der Waals surface area contributed by atoms with Crippen molar-refractivity contribution in [2.45, 2.75) is 6.54 Å². The van der Waals surface area contributed by atoms with Crippen molar-refractivity contribution in [3.63, 3.8) is 0 Å². The minimum atomic E-state index is -0.0290. The van der Waals surface area contributed by atoms with Crippen LogP contribution in [0.3, 0.4) is 0 Å². The molecular formula is C19H25N5O. The van der Waals surface area contributed by atoms with E-state index in [-0.39, 0.29) is 6.03 Å². The summed E-state index contributed by atoms with van der Waals surface area (Å²) < 4.78 is 0. The molecule has 1 aliphatic rings. The van der Waals surface area contributed by atoms with E-state index < -0.39 is 0 Å². The molecule has 1 aliphatic heterocycles. The van der Waals surface area contributed by atoms with Crippen molar-refractivity contribution >= 4 is 17.4 Å². The molecule has 2 heterocycles. The number of benzene rings is 1. The van der Waals surface area contributed by atoms with Crippen LogP contribution in [0.5, 0.6) is 0 Å². The monoisotopic (exact) mass is 339 g/mol. The van der Waals surface area contributed by atoms with Crippen LogP contribution in [0.25, 0.3) is 0 Å². The quantitative estimate of drug-likeness (QED) is 0.930. The van der Waals surface area contributed by atoms with Crippen molar-refractivity contribution in [2.24, 2.45) is 0 Å². The molecule has 0 radical (unpaired) electrons. The van der Waals surface area contributed by atoms with Gasteiger partial charge in [-0.1, -0.05) is 6.07 Å². The number of carbonyl (C=O) groups is 1. The molecule has 0 bridgehead atoms. The molecule has 1 N–H and O–H groups in total. The molecule has 2 aromatic rings. The predicted molar refractivity (Wildman–Crippen MR) is 101 cm³/mol. The molecule has 0 aliphatic carbocycles. The van der Waals surface area contributed by atoms with E-state index in [2.05, 4.69) is 21.3 Å². The van der Waals surface area contributed by atoms with Crippen LogP contribution >= 0.6 is 0 Å². The second-order valence-corrected chi connectivity index (χ2v) is 6.50. The maximum atomic E-state index is 12.4. The van der Waals surface area contributed by atoms with E-state index in [1.807, 2.05) is 60.4 Å². The van der Waals surface area contributed by atoms with Crippen molar-refractivity contribution in [2.75, 3.05) is 50.5 Å². The van der Waals surface area contributed by atoms with Crippen LogP contribution in [0.2, 0.25) is 0 Å². The largest absolute Gasteiger partial charge is 0.378 e. The molecule has 132 valence electrons. The Morgan fingerprint density at radius 3 is 2.44 bits per heavy atom. The highest BCUT2D eigenvalue weighted by Gasteiger charge is 2.21. The van der Waals surface area contributed by atoms with Gasteiger partial charge in [0, 0.05) is 70.6 Å². The molecule has 1 fully saturated rings. The standard InChI is InChI=1S/C19H25N5O/c1-22(2)18-7-5-17(6-8-18)21-19(25)24-12-10-23(11-13-24)15-16-4-3-9-20-14-16/h3-9,14H,10-13,15H2,1-2H3,(H,21,25). The first-order valence-corrected chi connectivity index (χ1v) is 8.56. The summed E-state index contributed by atoms with van der Waals surface area (Å²) >= 11 is 0. The number of pyridine rings is 1. The lowest BCUT2D eigenvalue weighted by molar-refractivity contribution is 0.143. The summed E-state index contributed by atoms with van der Waals surface area (Å²) in [6.07, 6.45) is 3.69. The number of aromatic nitrogens is 1. The molecule has 6 heteroatoms.